The summed E-state index contributed by atoms with van der Waals surface area (Å²) in [5.74, 6) is 0.837. The lowest BCUT2D eigenvalue weighted by Crippen LogP contribution is -2.40. The smallest absolute Gasteiger partial charge is 0.410 e. The summed E-state index contributed by atoms with van der Waals surface area (Å²) >= 11 is 0. The van der Waals surface area contributed by atoms with Crippen molar-refractivity contribution in [2.24, 2.45) is 5.92 Å². The minimum Gasteiger partial charge on any atom is -0.444 e. The van der Waals surface area contributed by atoms with E-state index in [1.807, 2.05) is 25.7 Å². The third-order valence-corrected chi connectivity index (χ3v) is 4.69. The fraction of sp³-hybridized carbons (Fsp3) is 0.889. The van der Waals surface area contributed by atoms with E-state index in [0.717, 1.165) is 13.0 Å². The molecule has 1 saturated carbocycles. The number of hydrogen-bond donors (Lipinski definition) is 0. The summed E-state index contributed by atoms with van der Waals surface area (Å²) in [6.07, 6.45) is 7.50. The Balaban J connectivity index is 1.80. The van der Waals surface area contributed by atoms with E-state index < -0.39 is 5.60 Å². The van der Waals surface area contributed by atoms with Crippen LogP contribution in [0, 0.1) is 5.92 Å². The molecule has 0 atom stereocenters. The molecule has 0 aromatic heterocycles. The number of hydrogen-bond acceptors (Lipinski definition) is 3. The van der Waals surface area contributed by atoms with Crippen LogP contribution in [0.1, 0.15) is 65.7 Å². The van der Waals surface area contributed by atoms with Gasteiger partial charge in [-0.05, 0) is 46.0 Å². The van der Waals surface area contributed by atoms with Crippen LogP contribution in [0.3, 0.4) is 0 Å². The number of nitrogens with zero attached hydrogens (tertiary/aromatic N) is 2. The van der Waals surface area contributed by atoms with E-state index in [1.165, 1.54) is 32.1 Å². The summed E-state index contributed by atoms with van der Waals surface area (Å²) in [7, 11) is 0. The van der Waals surface area contributed by atoms with Gasteiger partial charge in [0.25, 0.3) is 0 Å². The van der Waals surface area contributed by atoms with E-state index in [2.05, 4.69) is 0 Å². The van der Waals surface area contributed by atoms with Gasteiger partial charge in [-0.25, -0.2) is 4.79 Å². The largest absolute Gasteiger partial charge is 0.444 e. The predicted octanol–water partition coefficient (Wildman–Crippen LogP) is 3.43. The Morgan fingerprint density at radius 3 is 2.17 bits per heavy atom. The van der Waals surface area contributed by atoms with E-state index in [9.17, 15) is 9.59 Å². The van der Waals surface area contributed by atoms with Crippen LogP contribution < -0.4 is 0 Å². The molecule has 2 fully saturated rings. The first-order valence-corrected chi connectivity index (χ1v) is 9.11. The van der Waals surface area contributed by atoms with E-state index in [0.29, 0.717) is 32.0 Å². The molecule has 5 nitrogen and oxygen atoms in total. The molecule has 0 radical (unpaired) electrons. The van der Waals surface area contributed by atoms with Crippen LogP contribution in [-0.2, 0) is 9.53 Å². The second kappa shape index (κ2) is 8.02. The van der Waals surface area contributed by atoms with Gasteiger partial charge in [-0.1, -0.05) is 19.3 Å². The molecule has 2 aliphatic rings. The van der Waals surface area contributed by atoms with E-state index in [4.69, 9.17) is 4.74 Å². The number of carbonyl (C=O) groups is 2. The second-order valence-corrected chi connectivity index (χ2v) is 7.91. The highest BCUT2D eigenvalue weighted by atomic mass is 16.6. The van der Waals surface area contributed by atoms with Gasteiger partial charge in [0.15, 0.2) is 0 Å². The molecule has 1 saturated heterocycles. The third-order valence-electron chi connectivity index (χ3n) is 4.69. The Labute approximate surface area is 140 Å². The lowest BCUT2D eigenvalue weighted by atomic mass is 9.86. The summed E-state index contributed by atoms with van der Waals surface area (Å²) in [6.45, 7) is 8.26. The molecule has 1 aliphatic carbocycles. The number of rotatable bonds is 2. The molecule has 0 N–H and O–H groups in total. The SMILES string of the molecule is CC(C)(C)OC(=O)N1CCCN(C(=O)CC2CCCCC2)CC1. The Hall–Kier alpha value is -1.26. The third kappa shape index (κ3) is 6.04. The molecule has 0 bridgehead atoms. The maximum absolute atomic E-state index is 12.5. The Morgan fingerprint density at radius 1 is 0.913 bits per heavy atom. The van der Waals surface area contributed by atoms with Crippen LogP contribution in [0.4, 0.5) is 4.79 Å². The fourth-order valence-electron chi connectivity index (χ4n) is 3.44. The Kier molecular flexibility index (Phi) is 6.31. The zero-order chi connectivity index (χ0) is 16.9. The molecule has 2 amide bonds. The number of amides is 2. The summed E-state index contributed by atoms with van der Waals surface area (Å²) in [4.78, 5) is 28.4. The van der Waals surface area contributed by atoms with Crippen LogP contribution >= 0.6 is 0 Å². The van der Waals surface area contributed by atoms with E-state index >= 15 is 0 Å². The van der Waals surface area contributed by atoms with E-state index in [1.54, 1.807) is 4.90 Å². The minimum absolute atomic E-state index is 0.265. The maximum Gasteiger partial charge on any atom is 0.410 e. The summed E-state index contributed by atoms with van der Waals surface area (Å²) in [5, 5.41) is 0. The van der Waals surface area contributed by atoms with E-state index in [-0.39, 0.29) is 12.0 Å². The topological polar surface area (TPSA) is 49.9 Å². The molecule has 5 heteroatoms. The molecule has 1 heterocycles. The minimum atomic E-state index is -0.472. The number of carbonyl (C=O) groups excluding carboxylic acids is 2. The van der Waals surface area contributed by atoms with Gasteiger partial charge in [0.05, 0.1) is 0 Å². The summed E-state index contributed by atoms with van der Waals surface area (Å²) in [6, 6.07) is 0. The van der Waals surface area contributed by atoms with Gasteiger partial charge < -0.3 is 14.5 Å². The molecular formula is C18H32N2O3. The highest BCUT2D eigenvalue weighted by Crippen LogP contribution is 2.27. The van der Waals surface area contributed by atoms with Crippen LogP contribution in [0.2, 0.25) is 0 Å². The molecule has 2 rings (SSSR count). The van der Waals surface area contributed by atoms with Crippen molar-refractivity contribution in [1.29, 1.82) is 0 Å². The van der Waals surface area contributed by atoms with Crippen LogP contribution in [0.15, 0.2) is 0 Å². The molecule has 0 aromatic carbocycles. The first kappa shape index (κ1) is 18.1. The summed E-state index contributed by atoms with van der Waals surface area (Å²) < 4.78 is 5.43. The van der Waals surface area contributed by atoms with Gasteiger partial charge in [0.1, 0.15) is 5.60 Å². The molecular weight excluding hydrogens is 292 g/mol. The van der Waals surface area contributed by atoms with Crippen molar-refractivity contribution in [1.82, 2.24) is 9.80 Å². The van der Waals surface area contributed by atoms with Crippen LogP contribution in [0.5, 0.6) is 0 Å². The molecule has 132 valence electrons. The number of ether oxygens (including phenoxy) is 1. The normalized spacial score (nSPS) is 21.0. The van der Waals surface area contributed by atoms with Crippen molar-refractivity contribution in [2.45, 2.75) is 71.3 Å². The van der Waals surface area contributed by atoms with Gasteiger partial charge in [-0.15, -0.1) is 0 Å². The standard InChI is InChI=1S/C18H32N2O3/c1-18(2,3)23-17(22)20-11-7-10-19(12-13-20)16(21)14-15-8-5-4-6-9-15/h15H,4-14H2,1-3H3. The van der Waals surface area contributed by atoms with Crippen LogP contribution in [0.25, 0.3) is 0 Å². The Morgan fingerprint density at radius 2 is 1.52 bits per heavy atom. The first-order chi connectivity index (χ1) is 10.8. The predicted molar refractivity (Wildman–Crippen MR) is 90.2 cm³/mol. The second-order valence-electron chi connectivity index (χ2n) is 7.91. The summed E-state index contributed by atoms with van der Waals surface area (Å²) in [5.41, 5.74) is -0.472. The van der Waals surface area contributed by atoms with Gasteiger partial charge in [-0.3, -0.25) is 4.79 Å². The van der Waals surface area contributed by atoms with Gasteiger partial charge in [-0.2, -0.15) is 0 Å². The van der Waals surface area contributed by atoms with Crippen LogP contribution in [-0.4, -0.2) is 53.6 Å². The maximum atomic E-state index is 12.5. The average Bonchev–Trinajstić information content (AvgIpc) is 2.72. The highest BCUT2D eigenvalue weighted by Gasteiger charge is 2.27. The lowest BCUT2D eigenvalue weighted by Gasteiger charge is -2.27. The Bertz CT molecular complexity index is 411. The fourth-order valence-corrected chi connectivity index (χ4v) is 3.44. The van der Waals surface area contributed by atoms with Gasteiger partial charge in [0, 0.05) is 32.6 Å². The van der Waals surface area contributed by atoms with Crippen molar-refractivity contribution >= 4 is 12.0 Å². The highest BCUT2D eigenvalue weighted by molar-refractivity contribution is 5.76. The van der Waals surface area contributed by atoms with Gasteiger partial charge in [0.2, 0.25) is 5.91 Å². The van der Waals surface area contributed by atoms with Crippen molar-refractivity contribution in [3.8, 4) is 0 Å². The van der Waals surface area contributed by atoms with Crippen molar-refractivity contribution in [2.75, 3.05) is 26.2 Å². The van der Waals surface area contributed by atoms with Crippen molar-refractivity contribution < 1.29 is 14.3 Å². The monoisotopic (exact) mass is 324 g/mol. The van der Waals surface area contributed by atoms with Crippen molar-refractivity contribution in [3.63, 3.8) is 0 Å². The first-order valence-electron chi connectivity index (χ1n) is 9.11. The van der Waals surface area contributed by atoms with Gasteiger partial charge >= 0.3 is 6.09 Å². The molecule has 1 aliphatic heterocycles. The van der Waals surface area contributed by atoms with Crippen molar-refractivity contribution in [3.05, 3.63) is 0 Å². The lowest BCUT2D eigenvalue weighted by molar-refractivity contribution is -0.132. The quantitative estimate of drug-likeness (QED) is 0.782. The molecule has 23 heavy (non-hydrogen) atoms. The zero-order valence-electron chi connectivity index (χ0n) is 15.0. The average molecular weight is 324 g/mol. The molecule has 0 aromatic rings. The molecule has 0 unspecified atom stereocenters. The zero-order valence-corrected chi connectivity index (χ0v) is 15.0. The molecule has 0 spiro atoms.